The number of aromatic carboxylic acids is 1. The number of anilines is 1. The van der Waals surface area contributed by atoms with Crippen LogP contribution in [0.1, 0.15) is 30.6 Å². The number of carbonyl (C=O) groups is 2. The van der Waals surface area contributed by atoms with E-state index >= 15 is 0 Å². The van der Waals surface area contributed by atoms with Gasteiger partial charge < -0.3 is 16.2 Å². The third kappa shape index (κ3) is 4.65. The molecule has 1 amide bonds. The first-order chi connectivity index (χ1) is 8.81. The molecule has 5 nitrogen and oxygen atoms in total. The van der Waals surface area contributed by atoms with Crippen molar-refractivity contribution < 1.29 is 14.7 Å². The molecule has 0 radical (unpaired) electrons. The van der Waals surface area contributed by atoms with Crippen LogP contribution in [-0.4, -0.2) is 23.0 Å². The molecular formula is C13H17BrN2O3. The normalized spacial score (nSPS) is 12.3. The minimum absolute atomic E-state index is 0.0273. The van der Waals surface area contributed by atoms with Crippen LogP contribution >= 0.6 is 15.9 Å². The summed E-state index contributed by atoms with van der Waals surface area (Å²) in [5, 5.41) is 11.6. The Balaban J connectivity index is 2.87. The van der Waals surface area contributed by atoms with Crippen LogP contribution in [-0.2, 0) is 4.79 Å². The van der Waals surface area contributed by atoms with E-state index in [4.69, 9.17) is 10.8 Å². The first-order valence-electron chi connectivity index (χ1n) is 5.90. The molecule has 0 saturated carbocycles. The lowest BCUT2D eigenvalue weighted by atomic mass is 10.0. The van der Waals surface area contributed by atoms with Crippen molar-refractivity contribution in [1.29, 1.82) is 0 Å². The van der Waals surface area contributed by atoms with E-state index in [1.165, 1.54) is 12.1 Å². The second-order valence-corrected chi connectivity index (χ2v) is 5.64. The molecule has 0 aliphatic rings. The number of hydrogen-bond acceptors (Lipinski definition) is 3. The molecule has 1 aromatic carbocycles. The SMILES string of the molecule is CC(C)C[C@@H](N)C(=O)Nc1ccc(Br)cc1C(=O)O. The fourth-order valence-corrected chi connectivity index (χ4v) is 2.00. The molecule has 0 spiro atoms. The molecule has 0 aliphatic carbocycles. The van der Waals surface area contributed by atoms with Crippen molar-refractivity contribution in [3.63, 3.8) is 0 Å². The number of benzene rings is 1. The fraction of sp³-hybridized carbons (Fsp3) is 0.385. The molecule has 1 atom stereocenters. The van der Waals surface area contributed by atoms with Crippen molar-refractivity contribution in [2.45, 2.75) is 26.3 Å². The summed E-state index contributed by atoms with van der Waals surface area (Å²) in [5.74, 6) is -1.18. The number of rotatable bonds is 5. The second kappa shape index (κ2) is 6.68. The Morgan fingerprint density at radius 2 is 2.05 bits per heavy atom. The summed E-state index contributed by atoms with van der Waals surface area (Å²) in [6.07, 6.45) is 0.546. The first kappa shape index (κ1) is 15.7. The highest BCUT2D eigenvalue weighted by atomic mass is 79.9. The Morgan fingerprint density at radius 3 is 2.58 bits per heavy atom. The Kier molecular flexibility index (Phi) is 5.50. The number of nitrogens with one attached hydrogen (secondary N) is 1. The van der Waals surface area contributed by atoms with Crippen molar-refractivity contribution in [3.05, 3.63) is 28.2 Å². The summed E-state index contributed by atoms with van der Waals surface area (Å²) in [6.45, 7) is 3.94. The zero-order valence-corrected chi connectivity index (χ0v) is 12.4. The Morgan fingerprint density at radius 1 is 1.42 bits per heavy atom. The third-order valence-corrected chi connectivity index (χ3v) is 3.03. The Labute approximate surface area is 120 Å². The van der Waals surface area contributed by atoms with Gasteiger partial charge >= 0.3 is 5.97 Å². The number of amides is 1. The number of hydrogen-bond donors (Lipinski definition) is 3. The highest BCUT2D eigenvalue weighted by molar-refractivity contribution is 9.10. The van der Waals surface area contributed by atoms with Gasteiger partial charge in [-0.25, -0.2) is 4.79 Å². The van der Waals surface area contributed by atoms with Crippen LogP contribution in [0.4, 0.5) is 5.69 Å². The number of halogens is 1. The molecule has 19 heavy (non-hydrogen) atoms. The summed E-state index contributed by atoms with van der Waals surface area (Å²) in [5.41, 5.74) is 6.03. The van der Waals surface area contributed by atoms with Crippen molar-refractivity contribution in [2.75, 3.05) is 5.32 Å². The lowest BCUT2D eigenvalue weighted by Crippen LogP contribution is -2.37. The quantitative estimate of drug-likeness (QED) is 0.774. The summed E-state index contributed by atoms with van der Waals surface area (Å²) in [6, 6.07) is 3.99. The summed E-state index contributed by atoms with van der Waals surface area (Å²) >= 11 is 3.19. The fourth-order valence-electron chi connectivity index (χ4n) is 1.64. The maximum absolute atomic E-state index is 11.9. The topological polar surface area (TPSA) is 92.4 Å². The van der Waals surface area contributed by atoms with E-state index in [0.29, 0.717) is 16.8 Å². The Bertz CT molecular complexity index is 489. The average molecular weight is 329 g/mol. The van der Waals surface area contributed by atoms with Gasteiger partial charge in [0.05, 0.1) is 17.3 Å². The van der Waals surface area contributed by atoms with Gasteiger partial charge in [-0.1, -0.05) is 29.8 Å². The van der Waals surface area contributed by atoms with Crippen LogP contribution in [0.5, 0.6) is 0 Å². The van der Waals surface area contributed by atoms with Crippen LogP contribution in [0.2, 0.25) is 0 Å². The van der Waals surface area contributed by atoms with Crippen molar-refractivity contribution in [3.8, 4) is 0 Å². The van der Waals surface area contributed by atoms with E-state index in [2.05, 4.69) is 21.2 Å². The molecule has 0 fully saturated rings. The third-order valence-electron chi connectivity index (χ3n) is 2.53. The van der Waals surface area contributed by atoms with Gasteiger partial charge in [-0.3, -0.25) is 4.79 Å². The standard InChI is InChI=1S/C13H17BrN2O3/c1-7(2)5-10(15)12(17)16-11-4-3-8(14)6-9(11)13(18)19/h3-4,6-7,10H,5,15H2,1-2H3,(H,16,17)(H,18,19)/t10-/m1/s1. The monoisotopic (exact) mass is 328 g/mol. The number of nitrogens with two attached hydrogens (primary N) is 1. The highest BCUT2D eigenvalue weighted by Crippen LogP contribution is 2.21. The van der Waals surface area contributed by atoms with Crippen molar-refractivity contribution in [1.82, 2.24) is 0 Å². The van der Waals surface area contributed by atoms with Gasteiger partial charge in [-0.05, 0) is 30.5 Å². The van der Waals surface area contributed by atoms with E-state index in [1.807, 2.05) is 13.8 Å². The molecule has 0 saturated heterocycles. The number of carboxylic acid groups (broad SMARTS) is 1. The highest BCUT2D eigenvalue weighted by Gasteiger charge is 2.18. The van der Waals surface area contributed by atoms with E-state index in [-0.39, 0.29) is 17.2 Å². The molecule has 104 valence electrons. The molecule has 6 heteroatoms. The molecule has 1 rings (SSSR count). The van der Waals surface area contributed by atoms with Crippen LogP contribution in [0.25, 0.3) is 0 Å². The van der Waals surface area contributed by atoms with E-state index in [1.54, 1.807) is 6.07 Å². The minimum Gasteiger partial charge on any atom is -0.478 e. The second-order valence-electron chi connectivity index (χ2n) is 4.72. The Hall–Kier alpha value is -1.40. The van der Waals surface area contributed by atoms with E-state index in [0.717, 1.165) is 0 Å². The molecule has 4 N–H and O–H groups in total. The molecule has 1 aromatic rings. The zero-order chi connectivity index (χ0) is 14.6. The molecule has 0 unspecified atom stereocenters. The smallest absolute Gasteiger partial charge is 0.337 e. The van der Waals surface area contributed by atoms with E-state index in [9.17, 15) is 9.59 Å². The lowest BCUT2D eigenvalue weighted by molar-refractivity contribution is -0.117. The summed E-state index contributed by atoms with van der Waals surface area (Å²) < 4.78 is 0.634. The van der Waals surface area contributed by atoms with Gasteiger partial charge in [0.1, 0.15) is 0 Å². The first-order valence-corrected chi connectivity index (χ1v) is 6.70. The van der Waals surface area contributed by atoms with Gasteiger partial charge in [0.15, 0.2) is 0 Å². The van der Waals surface area contributed by atoms with Crippen LogP contribution in [0.3, 0.4) is 0 Å². The maximum Gasteiger partial charge on any atom is 0.337 e. The van der Waals surface area contributed by atoms with Gasteiger partial charge in [-0.2, -0.15) is 0 Å². The van der Waals surface area contributed by atoms with Gasteiger partial charge in [0, 0.05) is 4.47 Å². The molecule has 0 bridgehead atoms. The van der Waals surface area contributed by atoms with Crippen LogP contribution in [0, 0.1) is 5.92 Å². The number of carbonyl (C=O) groups excluding carboxylic acids is 1. The maximum atomic E-state index is 11.9. The zero-order valence-electron chi connectivity index (χ0n) is 10.8. The minimum atomic E-state index is -1.10. The van der Waals surface area contributed by atoms with Gasteiger partial charge in [-0.15, -0.1) is 0 Å². The summed E-state index contributed by atoms with van der Waals surface area (Å²) in [4.78, 5) is 23.0. The molecule has 0 aliphatic heterocycles. The van der Waals surface area contributed by atoms with E-state index < -0.39 is 12.0 Å². The lowest BCUT2D eigenvalue weighted by Gasteiger charge is -2.15. The van der Waals surface area contributed by atoms with Crippen molar-refractivity contribution >= 4 is 33.5 Å². The summed E-state index contributed by atoms with van der Waals surface area (Å²) in [7, 11) is 0. The van der Waals surface area contributed by atoms with Crippen molar-refractivity contribution in [2.24, 2.45) is 11.7 Å². The van der Waals surface area contributed by atoms with Gasteiger partial charge in [0.25, 0.3) is 0 Å². The van der Waals surface area contributed by atoms with Crippen LogP contribution < -0.4 is 11.1 Å². The molecule has 0 aromatic heterocycles. The largest absolute Gasteiger partial charge is 0.478 e. The molecular weight excluding hydrogens is 312 g/mol. The average Bonchev–Trinajstić information content (AvgIpc) is 2.30. The molecule has 0 heterocycles. The number of carboxylic acids is 1. The van der Waals surface area contributed by atoms with Crippen LogP contribution in [0.15, 0.2) is 22.7 Å². The predicted molar refractivity (Wildman–Crippen MR) is 77.2 cm³/mol. The van der Waals surface area contributed by atoms with Gasteiger partial charge in [0.2, 0.25) is 5.91 Å². The predicted octanol–water partition coefficient (Wildman–Crippen LogP) is 2.46.